The van der Waals surface area contributed by atoms with E-state index in [4.69, 9.17) is 11.6 Å². The van der Waals surface area contributed by atoms with Gasteiger partial charge in [0, 0.05) is 6.54 Å². The van der Waals surface area contributed by atoms with E-state index in [0.29, 0.717) is 18.0 Å². The number of halogens is 4. The molecule has 0 aliphatic rings. The summed E-state index contributed by atoms with van der Waals surface area (Å²) in [6.07, 6.45) is -4.52. The SMILES string of the molecule is CC(C)CNC/C(=C(/Cl)C(F)(F)F)c1ccccc1. The molecular weight excluding hydrogens is 275 g/mol. The van der Waals surface area contributed by atoms with Crippen molar-refractivity contribution in [3.8, 4) is 0 Å². The van der Waals surface area contributed by atoms with Crippen molar-refractivity contribution in [3.63, 3.8) is 0 Å². The summed E-state index contributed by atoms with van der Waals surface area (Å²) in [5, 5.41) is 1.93. The average molecular weight is 292 g/mol. The van der Waals surface area contributed by atoms with E-state index in [2.05, 4.69) is 5.32 Å². The van der Waals surface area contributed by atoms with Crippen LogP contribution in [-0.2, 0) is 0 Å². The molecule has 0 saturated heterocycles. The van der Waals surface area contributed by atoms with Crippen molar-refractivity contribution in [2.75, 3.05) is 13.1 Å². The summed E-state index contributed by atoms with van der Waals surface area (Å²) < 4.78 is 38.3. The second kappa shape index (κ2) is 6.96. The van der Waals surface area contributed by atoms with Crippen LogP contribution < -0.4 is 5.32 Å². The molecule has 1 rings (SSSR count). The topological polar surface area (TPSA) is 12.0 Å². The molecule has 0 aliphatic carbocycles. The fraction of sp³-hybridized carbons (Fsp3) is 0.429. The Kier molecular flexibility index (Phi) is 5.88. The monoisotopic (exact) mass is 291 g/mol. The molecule has 0 bridgehead atoms. The van der Waals surface area contributed by atoms with Gasteiger partial charge < -0.3 is 5.32 Å². The normalized spacial score (nSPS) is 13.6. The van der Waals surface area contributed by atoms with E-state index in [1.54, 1.807) is 30.3 Å². The third-order valence-corrected chi connectivity index (χ3v) is 2.93. The summed E-state index contributed by atoms with van der Waals surface area (Å²) in [4.78, 5) is 0. The quantitative estimate of drug-likeness (QED) is 0.845. The van der Waals surface area contributed by atoms with Crippen LogP contribution >= 0.6 is 11.6 Å². The molecule has 0 aliphatic heterocycles. The number of hydrogen-bond donors (Lipinski definition) is 1. The molecule has 0 saturated carbocycles. The number of benzene rings is 1. The summed E-state index contributed by atoms with van der Waals surface area (Å²) in [7, 11) is 0. The fourth-order valence-electron chi connectivity index (χ4n) is 1.60. The molecule has 1 nitrogen and oxygen atoms in total. The average Bonchev–Trinajstić information content (AvgIpc) is 2.33. The van der Waals surface area contributed by atoms with Crippen LogP contribution in [0, 0.1) is 5.92 Å². The molecule has 0 radical (unpaired) electrons. The number of nitrogens with one attached hydrogen (secondary N) is 1. The van der Waals surface area contributed by atoms with E-state index in [-0.39, 0.29) is 12.1 Å². The van der Waals surface area contributed by atoms with Gasteiger partial charge in [-0.05, 0) is 23.6 Å². The summed E-state index contributed by atoms with van der Waals surface area (Å²) in [5.41, 5.74) is 0.566. The van der Waals surface area contributed by atoms with Crippen LogP contribution in [0.1, 0.15) is 19.4 Å². The predicted molar refractivity (Wildman–Crippen MR) is 73.0 cm³/mol. The van der Waals surface area contributed by atoms with Gasteiger partial charge in [-0.1, -0.05) is 55.8 Å². The smallest absolute Gasteiger partial charge is 0.312 e. The molecule has 1 N–H and O–H groups in total. The van der Waals surface area contributed by atoms with Gasteiger partial charge in [0.25, 0.3) is 0 Å². The van der Waals surface area contributed by atoms with Gasteiger partial charge in [0.15, 0.2) is 0 Å². The summed E-state index contributed by atoms with van der Waals surface area (Å²) in [6, 6.07) is 8.39. The van der Waals surface area contributed by atoms with Gasteiger partial charge in [-0.25, -0.2) is 0 Å². The van der Waals surface area contributed by atoms with E-state index >= 15 is 0 Å². The van der Waals surface area contributed by atoms with Crippen molar-refractivity contribution in [2.45, 2.75) is 20.0 Å². The Morgan fingerprint density at radius 1 is 1.21 bits per heavy atom. The highest BCUT2D eigenvalue weighted by Gasteiger charge is 2.35. The Morgan fingerprint density at radius 2 is 1.79 bits per heavy atom. The van der Waals surface area contributed by atoms with Crippen LogP contribution in [0.2, 0.25) is 0 Å². The van der Waals surface area contributed by atoms with Crippen molar-refractivity contribution >= 4 is 17.2 Å². The number of alkyl halides is 3. The van der Waals surface area contributed by atoms with Gasteiger partial charge in [-0.3, -0.25) is 0 Å². The first-order chi connectivity index (χ1) is 8.82. The minimum Gasteiger partial charge on any atom is -0.312 e. The summed E-state index contributed by atoms with van der Waals surface area (Å²) >= 11 is 5.49. The number of allylic oxidation sites excluding steroid dienone is 1. The zero-order chi connectivity index (χ0) is 14.5. The largest absolute Gasteiger partial charge is 0.427 e. The van der Waals surface area contributed by atoms with E-state index < -0.39 is 11.2 Å². The molecule has 5 heteroatoms. The maximum absolute atomic E-state index is 12.8. The van der Waals surface area contributed by atoms with Crippen molar-refractivity contribution in [3.05, 3.63) is 40.9 Å². The zero-order valence-electron chi connectivity index (χ0n) is 10.9. The Labute approximate surface area is 116 Å². The van der Waals surface area contributed by atoms with Crippen LogP contribution in [0.25, 0.3) is 5.57 Å². The van der Waals surface area contributed by atoms with E-state index in [9.17, 15) is 13.2 Å². The highest BCUT2D eigenvalue weighted by molar-refractivity contribution is 6.33. The first kappa shape index (κ1) is 16.1. The molecule has 106 valence electrons. The van der Waals surface area contributed by atoms with Crippen molar-refractivity contribution in [1.82, 2.24) is 5.32 Å². The van der Waals surface area contributed by atoms with Gasteiger partial charge in [-0.15, -0.1) is 0 Å². The molecule has 0 unspecified atom stereocenters. The minimum absolute atomic E-state index is 0.0791. The van der Waals surface area contributed by atoms with Gasteiger partial charge in [-0.2, -0.15) is 13.2 Å². The molecule has 0 aromatic heterocycles. The van der Waals surface area contributed by atoms with Crippen LogP contribution in [0.4, 0.5) is 13.2 Å². The van der Waals surface area contributed by atoms with Crippen LogP contribution in [0.15, 0.2) is 35.4 Å². The molecule has 0 heterocycles. The highest BCUT2D eigenvalue weighted by Crippen LogP contribution is 2.34. The lowest BCUT2D eigenvalue weighted by Crippen LogP contribution is -2.23. The third-order valence-electron chi connectivity index (χ3n) is 2.49. The molecule has 0 amide bonds. The van der Waals surface area contributed by atoms with Crippen molar-refractivity contribution in [2.24, 2.45) is 5.92 Å². The maximum atomic E-state index is 12.8. The summed E-state index contributed by atoms with van der Waals surface area (Å²) in [5.74, 6) is 0.363. The summed E-state index contributed by atoms with van der Waals surface area (Å²) in [6.45, 7) is 4.72. The van der Waals surface area contributed by atoms with Gasteiger partial charge in [0.05, 0.1) is 0 Å². The lowest BCUT2D eigenvalue weighted by Gasteiger charge is -2.15. The Balaban J connectivity index is 2.99. The number of rotatable bonds is 5. The molecule has 0 fully saturated rings. The van der Waals surface area contributed by atoms with Crippen LogP contribution in [0.3, 0.4) is 0 Å². The van der Waals surface area contributed by atoms with Crippen molar-refractivity contribution < 1.29 is 13.2 Å². The second-order valence-electron chi connectivity index (χ2n) is 4.68. The van der Waals surface area contributed by atoms with Gasteiger partial charge in [0.2, 0.25) is 0 Å². The molecule has 0 spiro atoms. The molecule has 1 aromatic rings. The highest BCUT2D eigenvalue weighted by atomic mass is 35.5. The molecule has 1 aromatic carbocycles. The lowest BCUT2D eigenvalue weighted by atomic mass is 10.0. The molecular formula is C14H17ClF3N. The van der Waals surface area contributed by atoms with Crippen molar-refractivity contribution in [1.29, 1.82) is 0 Å². The number of hydrogen-bond acceptors (Lipinski definition) is 1. The van der Waals surface area contributed by atoms with Crippen LogP contribution in [-0.4, -0.2) is 19.3 Å². The first-order valence-electron chi connectivity index (χ1n) is 6.04. The third kappa shape index (κ3) is 5.25. The Bertz CT molecular complexity index is 424. The van der Waals surface area contributed by atoms with Crippen LogP contribution in [0.5, 0.6) is 0 Å². The standard InChI is InChI=1S/C14H17ClF3N/c1-10(2)8-19-9-12(13(15)14(16,17)18)11-6-4-3-5-7-11/h3-7,10,19H,8-9H2,1-2H3/b13-12-. The fourth-order valence-corrected chi connectivity index (χ4v) is 1.78. The second-order valence-corrected chi connectivity index (χ2v) is 5.06. The molecule has 19 heavy (non-hydrogen) atoms. The Morgan fingerprint density at radius 3 is 2.26 bits per heavy atom. The Hall–Kier alpha value is -1.00. The van der Waals surface area contributed by atoms with Gasteiger partial charge >= 0.3 is 6.18 Å². The van der Waals surface area contributed by atoms with E-state index in [0.717, 1.165) is 0 Å². The van der Waals surface area contributed by atoms with E-state index in [1.807, 2.05) is 13.8 Å². The lowest BCUT2D eigenvalue weighted by molar-refractivity contribution is -0.0840. The zero-order valence-corrected chi connectivity index (χ0v) is 11.6. The van der Waals surface area contributed by atoms with Gasteiger partial charge in [0.1, 0.15) is 5.03 Å². The van der Waals surface area contributed by atoms with E-state index in [1.165, 1.54) is 0 Å². The first-order valence-corrected chi connectivity index (χ1v) is 6.42. The maximum Gasteiger partial charge on any atom is 0.427 e. The molecule has 0 atom stereocenters. The minimum atomic E-state index is -4.52. The predicted octanol–water partition coefficient (Wildman–Crippen LogP) is 4.44.